The number of carbonyl (C=O) groups excluding carboxylic acids is 1. The second-order valence-electron chi connectivity index (χ2n) is 13.6. The molecule has 0 aromatic carbocycles. The van der Waals surface area contributed by atoms with E-state index in [-0.39, 0.29) is 5.91 Å². The minimum atomic E-state index is -4.34. The fourth-order valence-corrected chi connectivity index (χ4v) is 6.67. The molecule has 0 aliphatic rings. The molecule has 0 fully saturated rings. The van der Waals surface area contributed by atoms with E-state index >= 15 is 0 Å². The maximum absolute atomic E-state index is 12.5. The number of aliphatic hydroxyl groups is 1. The van der Waals surface area contributed by atoms with Crippen molar-refractivity contribution >= 4 is 16.0 Å². The van der Waals surface area contributed by atoms with Crippen LogP contribution < -0.4 is 5.32 Å². The highest BCUT2D eigenvalue weighted by molar-refractivity contribution is 7.85. The van der Waals surface area contributed by atoms with Crippen LogP contribution in [0.3, 0.4) is 0 Å². The number of hydrogen-bond donors (Lipinski definition) is 3. The van der Waals surface area contributed by atoms with Crippen molar-refractivity contribution in [3.63, 3.8) is 0 Å². The van der Waals surface area contributed by atoms with Crippen LogP contribution in [-0.2, 0) is 14.9 Å². The van der Waals surface area contributed by atoms with Gasteiger partial charge in [0.1, 0.15) is 0 Å². The Labute approximate surface area is 285 Å². The summed E-state index contributed by atoms with van der Waals surface area (Å²) in [6.07, 6.45) is 41.8. The smallest absolute Gasteiger partial charge is 0.267 e. The summed E-state index contributed by atoms with van der Waals surface area (Å²) in [6.45, 7) is 4.48. The Bertz CT molecular complexity index is 826. The molecule has 3 N–H and O–H groups in total. The molecule has 0 spiro atoms. The van der Waals surface area contributed by atoms with Crippen LogP contribution in [0.2, 0.25) is 0 Å². The van der Waals surface area contributed by atoms with E-state index in [9.17, 15) is 22.9 Å². The molecule has 2 atom stereocenters. The highest BCUT2D eigenvalue weighted by Gasteiger charge is 2.24. The van der Waals surface area contributed by atoms with Gasteiger partial charge in [0.2, 0.25) is 5.91 Å². The molecule has 0 aliphatic carbocycles. The summed E-state index contributed by atoms with van der Waals surface area (Å²) in [4.78, 5) is 12.5. The molecule has 0 saturated heterocycles. The largest absolute Gasteiger partial charge is 0.387 e. The number of nitrogens with one attached hydrogen (secondary N) is 1. The molecule has 46 heavy (non-hydrogen) atoms. The van der Waals surface area contributed by atoms with Crippen LogP contribution in [0, 0.1) is 0 Å². The third-order valence-corrected chi connectivity index (χ3v) is 9.66. The van der Waals surface area contributed by atoms with Crippen molar-refractivity contribution < 1.29 is 22.9 Å². The van der Waals surface area contributed by atoms with Crippen LogP contribution in [0.15, 0.2) is 24.3 Å². The standard InChI is InChI=1S/C39H75NO5S/c1-3-5-7-9-11-13-15-16-17-18-19-20-21-22-23-24-25-27-29-31-33-35-39(42)40-37(36-46(43,44)45)38(41)34-32-30-28-26-14-12-10-8-6-4-2/h14,26,32,34,37-38,41H,3-13,15-25,27-31,33,35-36H2,1-2H3,(H,40,42)(H,43,44,45)/b26-14+,34-32+. The van der Waals surface area contributed by atoms with E-state index in [2.05, 4.69) is 31.3 Å². The average molecular weight is 670 g/mol. The van der Waals surface area contributed by atoms with E-state index < -0.39 is 28.0 Å². The Morgan fingerprint density at radius 3 is 1.37 bits per heavy atom. The first-order chi connectivity index (χ1) is 22.3. The number of aliphatic hydroxyl groups excluding tert-OH is 1. The summed E-state index contributed by atoms with van der Waals surface area (Å²) in [7, 11) is -4.34. The maximum atomic E-state index is 12.5. The summed E-state index contributed by atoms with van der Waals surface area (Å²) in [5.41, 5.74) is 0. The summed E-state index contributed by atoms with van der Waals surface area (Å²) in [5, 5.41) is 13.1. The molecular weight excluding hydrogens is 594 g/mol. The first-order valence-electron chi connectivity index (χ1n) is 19.5. The van der Waals surface area contributed by atoms with E-state index in [0.29, 0.717) is 12.8 Å². The topological polar surface area (TPSA) is 104 Å². The van der Waals surface area contributed by atoms with E-state index in [1.165, 1.54) is 147 Å². The monoisotopic (exact) mass is 670 g/mol. The van der Waals surface area contributed by atoms with Crippen molar-refractivity contribution in [3.05, 3.63) is 24.3 Å². The highest BCUT2D eigenvalue weighted by Crippen LogP contribution is 2.15. The van der Waals surface area contributed by atoms with Crippen molar-refractivity contribution in [2.24, 2.45) is 0 Å². The molecule has 0 aromatic heterocycles. The predicted octanol–water partition coefficient (Wildman–Crippen LogP) is 11.2. The van der Waals surface area contributed by atoms with Crippen LogP contribution in [0.1, 0.15) is 200 Å². The summed E-state index contributed by atoms with van der Waals surface area (Å²) in [5.74, 6) is -0.994. The van der Waals surface area contributed by atoms with Gasteiger partial charge < -0.3 is 10.4 Å². The van der Waals surface area contributed by atoms with Gasteiger partial charge >= 0.3 is 0 Å². The van der Waals surface area contributed by atoms with Gasteiger partial charge in [0.05, 0.1) is 17.9 Å². The number of unbranched alkanes of at least 4 members (excludes halogenated alkanes) is 25. The number of amides is 1. The van der Waals surface area contributed by atoms with Gasteiger partial charge in [-0.15, -0.1) is 0 Å². The Kier molecular flexibility index (Phi) is 32.8. The van der Waals surface area contributed by atoms with Crippen LogP contribution >= 0.6 is 0 Å². The molecule has 7 heteroatoms. The lowest BCUT2D eigenvalue weighted by atomic mass is 10.0. The zero-order chi connectivity index (χ0) is 34.0. The van der Waals surface area contributed by atoms with Crippen molar-refractivity contribution in [2.75, 3.05) is 5.75 Å². The lowest BCUT2D eigenvalue weighted by Crippen LogP contribution is -2.46. The molecule has 0 heterocycles. The molecule has 1 amide bonds. The van der Waals surface area contributed by atoms with E-state index in [0.717, 1.165) is 32.1 Å². The Hall–Kier alpha value is -1.18. The van der Waals surface area contributed by atoms with E-state index in [1.54, 1.807) is 6.08 Å². The first-order valence-corrected chi connectivity index (χ1v) is 21.1. The zero-order valence-electron chi connectivity index (χ0n) is 30.2. The molecule has 0 aliphatic heterocycles. The van der Waals surface area contributed by atoms with Gasteiger partial charge in [0.15, 0.2) is 0 Å². The van der Waals surface area contributed by atoms with Crippen LogP contribution in [-0.4, -0.2) is 41.9 Å². The van der Waals surface area contributed by atoms with Crippen molar-refractivity contribution in [1.29, 1.82) is 0 Å². The molecule has 2 unspecified atom stereocenters. The first kappa shape index (κ1) is 44.8. The van der Waals surface area contributed by atoms with Crippen molar-refractivity contribution in [3.8, 4) is 0 Å². The molecule has 0 bridgehead atoms. The van der Waals surface area contributed by atoms with E-state index in [1.807, 2.05) is 0 Å². The average Bonchev–Trinajstić information content (AvgIpc) is 3.01. The molecule has 0 saturated carbocycles. The van der Waals surface area contributed by atoms with Gasteiger partial charge in [0.25, 0.3) is 10.1 Å². The lowest BCUT2D eigenvalue weighted by molar-refractivity contribution is -0.122. The highest BCUT2D eigenvalue weighted by atomic mass is 32.2. The van der Waals surface area contributed by atoms with Gasteiger partial charge in [0, 0.05) is 6.42 Å². The molecule has 0 radical (unpaired) electrons. The van der Waals surface area contributed by atoms with E-state index in [4.69, 9.17) is 0 Å². The zero-order valence-corrected chi connectivity index (χ0v) is 31.0. The Morgan fingerprint density at radius 1 is 0.565 bits per heavy atom. The lowest BCUT2D eigenvalue weighted by Gasteiger charge is -2.21. The number of carbonyl (C=O) groups is 1. The summed E-state index contributed by atoms with van der Waals surface area (Å²) < 4.78 is 32.3. The predicted molar refractivity (Wildman–Crippen MR) is 198 cm³/mol. The SMILES string of the molecule is CCCCCC/C=C/CC/C=C/C(O)C(CS(=O)(=O)O)NC(=O)CCCCCCCCCCCCCCCCCCCCCCC. The number of hydrogen-bond acceptors (Lipinski definition) is 4. The van der Waals surface area contributed by atoms with Gasteiger partial charge in [-0.2, -0.15) is 8.42 Å². The fourth-order valence-electron chi connectivity index (χ4n) is 5.94. The van der Waals surface area contributed by atoms with Gasteiger partial charge in [-0.05, 0) is 32.1 Å². The second kappa shape index (κ2) is 33.7. The molecular formula is C39H75NO5S. The Morgan fingerprint density at radius 2 is 0.935 bits per heavy atom. The van der Waals surface area contributed by atoms with Crippen molar-refractivity contribution in [2.45, 2.75) is 212 Å². The van der Waals surface area contributed by atoms with Crippen LogP contribution in [0.5, 0.6) is 0 Å². The molecule has 0 aromatic rings. The minimum Gasteiger partial charge on any atom is -0.387 e. The second-order valence-corrected chi connectivity index (χ2v) is 15.1. The quantitative estimate of drug-likeness (QED) is 0.0354. The molecule has 272 valence electrons. The number of allylic oxidation sites excluding steroid dienone is 3. The Balaban J connectivity index is 3.83. The van der Waals surface area contributed by atoms with Crippen molar-refractivity contribution in [1.82, 2.24) is 5.32 Å². The van der Waals surface area contributed by atoms with Gasteiger partial charge in [-0.3, -0.25) is 9.35 Å². The fraction of sp³-hybridized carbons (Fsp3) is 0.872. The normalized spacial score (nSPS) is 13.6. The number of rotatable bonds is 35. The van der Waals surface area contributed by atoms with Crippen LogP contribution in [0.25, 0.3) is 0 Å². The van der Waals surface area contributed by atoms with Gasteiger partial charge in [-0.25, -0.2) is 0 Å². The third-order valence-electron chi connectivity index (χ3n) is 8.88. The summed E-state index contributed by atoms with van der Waals surface area (Å²) in [6, 6.07) is -1.07. The maximum Gasteiger partial charge on any atom is 0.267 e. The van der Waals surface area contributed by atoms with Crippen LogP contribution in [0.4, 0.5) is 0 Å². The molecule has 6 nitrogen and oxygen atoms in total. The summed E-state index contributed by atoms with van der Waals surface area (Å²) >= 11 is 0. The third kappa shape index (κ3) is 34.2. The van der Waals surface area contributed by atoms with Gasteiger partial charge in [-0.1, -0.05) is 186 Å². The minimum absolute atomic E-state index is 0.287. The molecule has 0 rings (SSSR count).